The van der Waals surface area contributed by atoms with Crippen LogP contribution in [0.2, 0.25) is 0 Å². The Labute approximate surface area is 190 Å². The molecule has 1 aromatic carbocycles. The van der Waals surface area contributed by atoms with Gasteiger partial charge in [-0.25, -0.2) is 0 Å². The molecule has 1 N–H and O–H groups in total. The summed E-state index contributed by atoms with van der Waals surface area (Å²) in [6.45, 7) is 20.0. The minimum atomic E-state index is -0.106. The Morgan fingerprint density at radius 2 is 1.39 bits per heavy atom. The second-order valence-electron chi connectivity index (χ2n) is 12.1. The van der Waals surface area contributed by atoms with E-state index < -0.39 is 0 Å². The van der Waals surface area contributed by atoms with E-state index in [-0.39, 0.29) is 16.7 Å². The molecule has 2 aliphatic heterocycles. The summed E-state index contributed by atoms with van der Waals surface area (Å²) in [6, 6.07) is 4.38. The number of carbonyl (C=O) groups excluding carboxylic acids is 1. The first kappa shape index (κ1) is 24.1. The van der Waals surface area contributed by atoms with Crippen LogP contribution in [0.1, 0.15) is 90.8 Å². The molecule has 1 amide bonds. The first-order valence-corrected chi connectivity index (χ1v) is 12.2. The minimum absolute atomic E-state index is 0.106. The Morgan fingerprint density at radius 3 is 1.84 bits per heavy atom. The van der Waals surface area contributed by atoms with Crippen molar-refractivity contribution in [2.45, 2.75) is 91.5 Å². The largest absolute Gasteiger partial charge is 0.507 e. The van der Waals surface area contributed by atoms with E-state index in [9.17, 15) is 9.90 Å². The zero-order chi connectivity index (χ0) is 23.0. The molecule has 4 heteroatoms. The number of hydrogen-bond donors (Lipinski definition) is 1. The Balaban J connectivity index is 1.67. The number of phenols is 1. The standard InChI is InChI=1S/C27H44N2O2/c1-19-8-14-29(15-9-19)25(31)21-10-12-28(13-11-21)18-20-16-22(26(2,3)4)24(30)23(17-20)27(5,6)7/h16-17,19,21,30H,8-15,18H2,1-7H3. The molecule has 4 nitrogen and oxygen atoms in total. The molecule has 0 atom stereocenters. The molecule has 0 aromatic heterocycles. The van der Waals surface area contributed by atoms with Crippen molar-refractivity contribution < 1.29 is 9.90 Å². The lowest BCUT2D eigenvalue weighted by molar-refractivity contribution is -0.138. The summed E-state index contributed by atoms with van der Waals surface area (Å²) in [7, 11) is 0. The number of hydrogen-bond acceptors (Lipinski definition) is 3. The highest BCUT2D eigenvalue weighted by Gasteiger charge is 2.31. The lowest BCUT2D eigenvalue weighted by atomic mass is 9.78. The molecule has 0 unspecified atom stereocenters. The van der Waals surface area contributed by atoms with Gasteiger partial charge >= 0.3 is 0 Å². The molecular formula is C27H44N2O2. The van der Waals surface area contributed by atoms with E-state index in [1.54, 1.807) is 0 Å². The smallest absolute Gasteiger partial charge is 0.225 e. The third kappa shape index (κ3) is 5.83. The van der Waals surface area contributed by atoms with Crippen LogP contribution in [-0.2, 0) is 22.2 Å². The van der Waals surface area contributed by atoms with Crippen LogP contribution in [0, 0.1) is 11.8 Å². The van der Waals surface area contributed by atoms with Crippen molar-refractivity contribution in [1.82, 2.24) is 9.80 Å². The molecule has 0 bridgehead atoms. The van der Waals surface area contributed by atoms with Crippen LogP contribution in [0.4, 0.5) is 0 Å². The quantitative estimate of drug-likeness (QED) is 0.695. The predicted octanol–water partition coefficient (Wildman–Crippen LogP) is 5.46. The molecule has 174 valence electrons. The van der Waals surface area contributed by atoms with Crippen molar-refractivity contribution in [1.29, 1.82) is 0 Å². The number of rotatable bonds is 3. The van der Waals surface area contributed by atoms with Gasteiger partial charge in [0, 0.05) is 25.6 Å². The van der Waals surface area contributed by atoms with Crippen molar-refractivity contribution >= 4 is 5.91 Å². The van der Waals surface area contributed by atoms with Gasteiger partial charge < -0.3 is 10.0 Å². The van der Waals surface area contributed by atoms with Crippen molar-refractivity contribution in [3.8, 4) is 5.75 Å². The highest BCUT2D eigenvalue weighted by Crippen LogP contribution is 2.40. The van der Waals surface area contributed by atoms with E-state index in [2.05, 4.69) is 70.4 Å². The summed E-state index contributed by atoms with van der Waals surface area (Å²) in [5.74, 6) is 1.79. The summed E-state index contributed by atoms with van der Waals surface area (Å²) in [6.07, 6.45) is 4.22. The van der Waals surface area contributed by atoms with Crippen LogP contribution < -0.4 is 0 Å². The molecule has 2 saturated heterocycles. The molecule has 3 rings (SSSR count). The summed E-state index contributed by atoms with van der Waals surface area (Å²) in [5.41, 5.74) is 3.11. The van der Waals surface area contributed by atoms with E-state index in [0.29, 0.717) is 11.7 Å². The molecule has 2 aliphatic rings. The average Bonchev–Trinajstić information content (AvgIpc) is 2.68. The summed E-state index contributed by atoms with van der Waals surface area (Å²) >= 11 is 0. The Kier molecular flexibility index (Phi) is 7.10. The van der Waals surface area contributed by atoms with Gasteiger partial charge in [0.25, 0.3) is 0 Å². The van der Waals surface area contributed by atoms with Crippen LogP contribution in [0.5, 0.6) is 5.75 Å². The predicted molar refractivity (Wildman–Crippen MR) is 128 cm³/mol. The number of nitrogens with zero attached hydrogens (tertiary/aromatic N) is 2. The molecule has 0 radical (unpaired) electrons. The Morgan fingerprint density at radius 1 is 0.903 bits per heavy atom. The molecule has 2 fully saturated rings. The van der Waals surface area contributed by atoms with Crippen LogP contribution in [-0.4, -0.2) is 47.0 Å². The highest BCUT2D eigenvalue weighted by molar-refractivity contribution is 5.79. The summed E-state index contributed by atoms with van der Waals surface area (Å²) in [5, 5.41) is 11.0. The molecular weight excluding hydrogens is 384 g/mol. The van der Waals surface area contributed by atoms with Gasteiger partial charge in [0.05, 0.1) is 0 Å². The Hall–Kier alpha value is -1.55. The maximum absolute atomic E-state index is 13.0. The third-order valence-electron chi connectivity index (χ3n) is 7.22. The molecule has 0 spiro atoms. The number of likely N-dealkylation sites (tertiary alicyclic amines) is 2. The fourth-order valence-electron chi connectivity index (χ4n) is 5.01. The molecule has 2 heterocycles. The van der Waals surface area contributed by atoms with Crippen LogP contribution >= 0.6 is 0 Å². The topological polar surface area (TPSA) is 43.8 Å². The highest BCUT2D eigenvalue weighted by atomic mass is 16.3. The van der Waals surface area contributed by atoms with E-state index in [0.717, 1.165) is 75.5 Å². The zero-order valence-electron chi connectivity index (χ0n) is 20.9. The zero-order valence-corrected chi connectivity index (χ0v) is 20.9. The number of carbonyl (C=O) groups is 1. The maximum atomic E-state index is 13.0. The van der Waals surface area contributed by atoms with E-state index >= 15 is 0 Å². The SMILES string of the molecule is CC1CCN(C(=O)C2CCN(Cc3cc(C(C)(C)C)c(O)c(C(C)(C)C)c3)CC2)CC1. The summed E-state index contributed by atoms with van der Waals surface area (Å²) in [4.78, 5) is 17.5. The normalized spacial score (nSPS) is 20.3. The second-order valence-corrected chi connectivity index (χ2v) is 12.1. The maximum Gasteiger partial charge on any atom is 0.225 e. The first-order chi connectivity index (χ1) is 14.4. The Bertz CT molecular complexity index is 736. The molecule has 0 saturated carbocycles. The van der Waals surface area contributed by atoms with Crippen molar-refractivity contribution in [2.75, 3.05) is 26.2 Å². The van der Waals surface area contributed by atoms with Crippen molar-refractivity contribution in [3.05, 3.63) is 28.8 Å². The lowest BCUT2D eigenvalue weighted by Crippen LogP contribution is -2.45. The van der Waals surface area contributed by atoms with E-state index in [1.165, 1.54) is 5.56 Å². The number of aromatic hydroxyl groups is 1. The van der Waals surface area contributed by atoms with Crippen molar-refractivity contribution in [2.24, 2.45) is 11.8 Å². The lowest BCUT2D eigenvalue weighted by Gasteiger charge is -2.37. The van der Waals surface area contributed by atoms with Crippen molar-refractivity contribution in [3.63, 3.8) is 0 Å². The van der Waals surface area contributed by atoms with E-state index in [4.69, 9.17) is 0 Å². The monoisotopic (exact) mass is 428 g/mol. The fourth-order valence-corrected chi connectivity index (χ4v) is 5.01. The molecule has 0 aliphatic carbocycles. The van der Waals surface area contributed by atoms with Gasteiger partial charge in [0.2, 0.25) is 5.91 Å². The van der Waals surface area contributed by atoms with Gasteiger partial charge in [0.1, 0.15) is 5.75 Å². The van der Waals surface area contributed by atoms with Crippen LogP contribution in [0.15, 0.2) is 12.1 Å². The average molecular weight is 429 g/mol. The number of benzene rings is 1. The third-order valence-corrected chi connectivity index (χ3v) is 7.22. The van der Waals surface area contributed by atoms with Crippen LogP contribution in [0.25, 0.3) is 0 Å². The second kappa shape index (κ2) is 9.13. The minimum Gasteiger partial charge on any atom is -0.507 e. The molecule has 31 heavy (non-hydrogen) atoms. The van der Waals surface area contributed by atoms with E-state index in [1.807, 2.05) is 0 Å². The number of amides is 1. The van der Waals surface area contributed by atoms with Crippen LogP contribution in [0.3, 0.4) is 0 Å². The number of phenolic OH excluding ortho intramolecular Hbond substituents is 1. The van der Waals surface area contributed by atoms with Gasteiger partial charge in [-0.15, -0.1) is 0 Å². The fraction of sp³-hybridized carbons (Fsp3) is 0.741. The van der Waals surface area contributed by atoms with Gasteiger partial charge in [0.15, 0.2) is 0 Å². The number of piperidine rings is 2. The summed E-state index contributed by atoms with van der Waals surface area (Å²) < 4.78 is 0. The van der Waals surface area contributed by atoms with Gasteiger partial charge in [-0.3, -0.25) is 9.69 Å². The van der Waals surface area contributed by atoms with Gasteiger partial charge in [-0.2, -0.15) is 0 Å². The van der Waals surface area contributed by atoms with Gasteiger partial charge in [-0.1, -0.05) is 60.6 Å². The molecule has 1 aromatic rings. The van der Waals surface area contributed by atoms with Gasteiger partial charge in [-0.05, 0) is 72.2 Å². The first-order valence-electron chi connectivity index (χ1n) is 12.2.